The number of benzene rings is 2. The van der Waals surface area contributed by atoms with Gasteiger partial charge in [0, 0.05) is 37.1 Å². The molecule has 0 saturated carbocycles. The van der Waals surface area contributed by atoms with E-state index in [0.717, 1.165) is 22.6 Å². The Balaban J connectivity index is 1.19. The summed E-state index contributed by atoms with van der Waals surface area (Å²) >= 11 is 0. The zero-order valence-corrected chi connectivity index (χ0v) is 17.8. The first-order valence-electron chi connectivity index (χ1n) is 10.6. The van der Waals surface area contributed by atoms with Crippen molar-refractivity contribution in [1.82, 2.24) is 24.8 Å². The van der Waals surface area contributed by atoms with Crippen LogP contribution in [0.5, 0.6) is 11.5 Å². The van der Waals surface area contributed by atoms with Crippen LogP contribution in [-0.2, 0) is 17.8 Å². The van der Waals surface area contributed by atoms with Gasteiger partial charge in [0.25, 0.3) is 0 Å². The SMILES string of the molecule is O=C(CCc1ccccc1Nc1cc(-n2ccnc2)ncn1)NCc1ccc2c(c1)OCO2. The first kappa shape index (κ1) is 20.5. The molecule has 5 rings (SSSR count). The summed E-state index contributed by atoms with van der Waals surface area (Å²) in [5, 5.41) is 6.31. The predicted molar refractivity (Wildman–Crippen MR) is 122 cm³/mol. The second-order valence-electron chi connectivity index (χ2n) is 7.48. The number of aromatic nitrogens is 4. The highest BCUT2D eigenvalue weighted by molar-refractivity contribution is 5.76. The third kappa shape index (κ3) is 4.93. The maximum atomic E-state index is 12.5. The fraction of sp³-hybridized carbons (Fsp3) is 0.167. The van der Waals surface area contributed by atoms with E-state index in [1.54, 1.807) is 12.5 Å². The molecule has 0 unspecified atom stereocenters. The molecule has 2 aromatic heterocycles. The van der Waals surface area contributed by atoms with Crippen molar-refractivity contribution in [2.75, 3.05) is 12.1 Å². The Bertz CT molecular complexity index is 1260. The van der Waals surface area contributed by atoms with Gasteiger partial charge in [0.1, 0.15) is 24.3 Å². The van der Waals surface area contributed by atoms with E-state index < -0.39 is 0 Å². The molecule has 33 heavy (non-hydrogen) atoms. The molecule has 2 N–H and O–H groups in total. The van der Waals surface area contributed by atoms with Crippen molar-refractivity contribution in [2.24, 2.45) is 0 Å². The van der Waals surface area contributed by atoms with Gasteiger partial charge in [-0.3, -0.25) is 9.36 Å². The summed E-state index contributed by atoms with van der Waals surface area (Å²) in [6, 6.07) is 15.4. The highest BCUT2D eigenvalue weighted by Crippen LogP contribution is 2.32. The molecule has 2 aromatic carbocycles. The van der Waals surface area contributed by atoms with Crippen LogP contribution < -0.4 is 20.1 Å². The maximum absolute atomic E-state index is 12.5. The molecule has 0 aliphatic carbocycles. The lowest BCUT2D eigenvalue weighted by Crippen LogP contribution is -2.23. The van der Waals surface area contributed by atoms with Crippen molar-refractivity contribution >= 4 is 17.4 Å². The minimum Gasteiger partial charge on any atom is -0.454 e. The van der Waals surface area contributed by atoms with Gasteiger partial charge in [-0.2, -0.15) is 0 Å². The van der Waals surface area contributed by atoms with Crippen LogP contribution in [0.15, 0.2) is 73.6 Å². The van der Waals surface area contributed by atoms with E-state index in [-0.39, 0.29) is 12.7 Å². The standard InChI is InChI=1S/C24H22N6O3/c31-24(26-13-17-5-7-20-21(11-17)33-16-32-20)8-6-18-3-1-2-4-19(18)29-22-12-23(28-14-27-22)30-10-9-25-15-30/h1-5,7,9-12,14-15H,6,8,13,16H2,(H,26,31)(H,27,28,29). The number of fused-ring (bicyclic) bond motifs is 1. The van der Waals surface area contributed by atoms with Crippen LogP contribution in [-0.4, -0.2) is 32.2 Å². The molecular weight excluding hydrogens is 420 g/mol. The number of para-hydroxylation sites is 1. The average molecular weight is 442 g/mol. The number of nitrogens with one attached hydrogen (secondary N) is 2. The molecule has 0 fully saturated rings. The van der Waals surface area contributed by atoms with E-state index in [1.807, 2.05) is 59.3 Å². The number of nitrogens with zero attached hydrogens (tertiary/aromatic N) is 4. The molecular formula is C24H22N6O3. The normalized spacial score (nSPS) is 11.9. The molecule has 0 bridgehead atoms. The predicted octanol–water partition coefficient (Wildman–Crippen LogP) is 3.38. The van der Waals surface area contributed by atoms with Gasteiger partial charge in [0.15, 0.2) is 11.5 Å². The minimum atomic E-state index is -0.0214. The van der Waals surface area contributed by atoms with Crippen LogP contribution >= 0.6 is 0 Å². The molecule has 0 saturated heterocycles. The van der Waals surface area contributed by atoms with Crippen LogP contribution in [0.4, 0.5) is 11.5 Å². The summed E-state index contributed by atoms with van der Waals surface area (Å²) in [5.41, 5.74) is 2.89. The zero-order valence-electron chi connectivity index (χ0n) is 17.8. The Kier molecular flexibility index (Phi) is 5.83. The second-order valence-corrected chi connectivity index (χ2v) is 7.48. The van der Waals surface area contributed by atoms with E-state index in [2.05, 4.69) is 25.6 Å². The van der Waals surface area contributed by atoms with E-state index in [9.17, 15) is 4.79 Å². The van der Waals surface area contributed by atoms with Crippen molar-refractivity contribution in [3.63, 3.8) is 0 Å². The zero-order chi connectivity index (χ0) is 22.5. The molecule has 1 aliphatic rings. The molecule has 3 heterocycles. The van der Waals surface area contributed by atoms with Crippen molar-refractivity contribution in [1.29, 1.82) is 0 Å². The lowest BCUT2D eigenvalue weighted by Gasteiger charge is -2.12. The van der Waals surface area contributed by atoms with Gasteiger partial charge in [-0.05, 0) is 35.7 Å². The molecule has 9 nitrogen and oxygen atoms in total. The molecule has 166 valence electrons. The monoisotopic (exact) mass is 442 g/mol. The number of ether oxygens (including phenoxy) is 2. The molecule has 1 amide bonds. The first-order chi connectivity index (χ1) is 16.2. The molecule has 0 spiro atoms. The molecule has 9 heteroatoms. The Hall–Kier alpha value is -4.40. The summed E-state index contributed by atoms with van der Waals surface area (Å²) in [7, 11) is 0. The summed E-state index contributed by atoms with van der Waals surface area (Å²) in [4.78, 5) is 25.1. The number of hydrogen-bond donors (Lipinski definition) is 2. The number of imidazole rings is 1. The quantitative estimate of drug-likeness (QED) is 0.431. The van der Waals surface area contributed by atoms with E-state index in [4.69, 9.17) is 9.47 Å². The molecule has 0 radical (unpaired) electrons. The van der Waals surface area contributed by atoms with Crippen LogP contribution in [0.25, 0.3) is 5.82 Å². The van der Waals surface area contributed by atoms with E-state index >= 15 is 0 Å². The van der Waals surface area contributed by atoms with Gasteiger partial charge in [-0.15, -0.1) is 0 Å². The van der Waals surface area contributed by atoms with Crippen LogP contribution in [0.3, 0.4) is 0 Å². The van der Waals surface area contributed by atoms with Crippen LogP contribution in [0.2, 0.25) is 0 Å². The molecule has 0 atom stereocenters. The van der Waals surface area contributed by atoms with Gasteiger partial charge in [0.2, 0.25) is 12.7 Å². The van der Waals surface area contributed by atoms with Gasteiger partial charge in [0.05, 0.1) is 0 Å². The Morgan fingerprint density at radius 3 is 2.88 bits per heavy atom. The third-order valence-electron chi connectivity index (χ3n) is 5.25. The van der Waals surface area contributed by atoms with Crippen LogP contribution in [0, 0.1) is 0 Å². The third-order valence-corrected chi connectivity index (χ3v) is 5.25. The topological polar surface area (TPSA) is 103 Å². The highest BCUT2D eigenvalue weighted by atomic mass is 16.7. The number of carbonyl (C=O) groups excluding carboxylic acids is 1. The lowest BCUT2D eigenvalue weighted by molar-refractivity contribution is -0.121. The Labute approximate surface area is 190 Å². The Morgan fingerprint density at radius 2 is 1.97 bits per heavy atom. The van der Waals surface area contributed by atoms with E-state index in [0.29, 0.717) is 36.8 Å². The Morgan fingerprint density at radius 1 is 1.06 bits per heavy atom. The van der Waals surface area contributed by atoms with Crippen molar-refractivity contribution < 1.29 is 14.3 Å². The average Bonchev–Trinajstić information content (AvgIpc) is 3.54. The second kappa shape index (κ2) is 9.39. The van der Waals surface area contributed by atoms with Crippen molar-refractivity contribution in [2.45, 2.75) is 19.4 Å². The van der Waals surface area contributed by atoms with Crippen molar-refractivity contribution in [3.05, 3.63) is 84.7 Å². The van der Waals surface area contributed by atoms with Crippen molar-refractivity contribution in [3.8, 4) is 17.3 Å². The van der Waals surface area contributed by atoms with Crippen LogP contribution in [0.1, 0.15) is 17.5 Å². The fourth-order valence-corrected chi connectivity index (χ4v) is 3.54. The first-order valence-corrected chi connectivity index (χ1v) is 10.6. The number of anilines is 2. The maximum Gasteiger partial charge on any atom is 0.231 e. The summed E-state index contributed by atoms with van der Waals surface area (Å²) < 4.78 is 12.5. The summed E-state index contributed by atoms with van der Waals surface area (Å²) in [5.74, 6) is 2.79. The smallest absolute Gasteiger partial charge is 0.231 e. The minimum absolute atomic E-state index is 0.0214. The lowest BCUT2D eigenvalue weighted by atomic mass is 10.1. The summed E-state index contributed by atoms with van der Waals surface area (Å²) in [6.45, 7) is 0.672. The largest absolute Gasteiger partial charge is 0.454 e. The van der Waals surface area contributed by atoms with E-state index in [1.165, 1.54) is 6.33 Å². The number of carbonyl (C=O) groups is 1. The van der Waals surface area contributed by atoms with Gasteiger partial charge in [-0.25, -0.2) is 15.0 Å². The van der Waals surface area contributed by atoms with Gasteiger partial charge < -0.3 is 20.1 Å². The molecule has 4 aromatic rings. The van der Waals surface area contributed by atoms with Gasteiger partial charge >= 0.3 is 0 Å². The number of hydrogen-bond acceptors (Lipinski definition) is 7. The highest BCUT2D eigenvalue weighted by Gasteiger charge is 2.13. The number of amides is 1. The fourth-order valence-electron chi connectivity index (χ4n) is 3.54. The summed E-state index contributed by atoms with van der Waals surface area (Å²) in [6.07, 6.45) is 7.67. The van der Waals surface area contributed by atoms with Gasteiger partial charge in [-0.1, -0.05) is 24.3 Å². The number of rotatable bonds is 8. The molecule has 1 aliphatic heterocycles. The number of aryl methyl sites for hydroxylation is 1.